The Morgan fingerprint density at radius 1 is 0.778 bits per heavy atom. The number of carbonyl (C=O) groups is 5. The van der Waals surface area contributed by atoms with Crippen molar-refractivity contribution in [3.05, 3.63) is 96.1 Å². The minimum atomic E-state index is -3.42. The average molecular weight is 622 g/mol. The van der Waals surface area contributed by atoms with Crippen molar-refractivity contribution in [3.8, 4) is 11.5 Å². The van der Waals surface area contributed by atoms with Gasteiger partial charge in [-0.25, -0.2) is 14.4 Å². The zero-order valence-corrected chi connectivity index (χ0v) is 24.0. The summed E-state index contributed by atoms with van der Waals surface area (Å²) in [6, 6.07) is 24.2. The Hall–Kier alpha value is -5.27. The van der Waals surface area contributed by atoms with E-state index >= 15 is 0 Å². The molecule has 13 heteroatoms. The minimum absolute atomic E-state index is 0.366. The van der Waals surface area contributed by atoms with Crippen LogP contribution in [0, 0.1) is 0 Å². The number of nitrogens with zero attached hydrogens (tertiary/aromatic N) is 1. The van der Waals surface area contributed by atoms with E-state index in [2.05, 4.69) is 0 Å². The van der Waals surface area contributed by atoms with E-state index in [-0.39, 0.29) is 0 Å². The molecule has 4 unspecified atom stereocenters. The van der Waals surface area contributed by atoms with Gasteiger partial charge in [0.15, 0.2) is 12.2 Å². The van der Waals surface area contributed by atoms with E-state index in [1.54, 1.807) is 36.4 Å². The van der Waals surface area contributed by atoms with Gasteiger partial charge in [-0.05, 0) is 55.2 Å². The lowest BCUT2D eigenvalue weighted by Crippen LogP contribution is -2.59. The number of carbonyl (C=O) groups excluding carboxylic acids is 1. The second kappa shape index (κ2) is 14.0. The third-order valence-electron chi connectivity index (χ3n) is 7.43. The minimum Gasteiger partial charge on any atom is -0.480 e. The van der Waals surface area contributed by atoms with E-state index in [0.29, 0.717) is 34.8 Å². The molecule has 1 heterocycles. The molecular formula is C32H31NO12. The summed E-state index contributed by atoms with van der Waals surface area (Å²) in [5.41, 5.74) is 1.61. The number of rotatable bonds is 14. The van der Waals surface area contributed by atoms with Crippen LogP contribution < -0.4 is 4.74 Å². The first kappa shape index (κ1) is 32.6. The van der Waals surface area contributed by atoms with Crippen LogP contribution in [0.15, 0.2) is 84.9 Å². The number of ether oxygens (including phenoxy) is 3. The van der Waals surface area contributed by atoms with Crippen LogP contribution in [0.2, 0.25) is 0 Å². The van der Waals surface area contributed by atoms with Gasteiger partial charge in [-0.3, -0.25) is 9.59 Å². The van der Waals surface area contributed by atoms with Crippen molar-refractivity contribution in [2.24, 2.45) is 0 Å². The molecule has 0 bridgehead atoms. The van der Waals surface area contributed by atoms with Crippen molar-refractivity contribution in [3.63, 3.8) is 0 Å². The molecule has 0 aromatic heterocycles. The largest absolute Gasteiger partial charge is 0.480 e. The van der Waals surface area contributed by atoms with Crippen LogP contribution in [0.1, 0.15) is 30.4 Å². The Kier molecular flexibility index (Phi) is 10.2. The Balaban J connectivity index is 1.71. The van der Waals surface area contributed by atoms with Crippen molar-refractivity contribution in [2.75, 3.05) is 6.54 Å². The van der Waals surface area contributed by atoms with Crippen molar-refractivity contribution in [1.82, 2.24) is 4.90 Å². The molecule has 13 nitrogen and oxygen atoms in total. The molecule has 0 saturated carbocycles. The van der Waals surface area contributed by atoms with Gasteiger partial charge in [-0.15, -0.1) is 0 Å². The van der Waals surface area contributed by atoms with Gasteiger partial charge in [0.25, 0.3) is 5.91 Å². The van der Waals surface area contributed by atoms with Gasteiger partial charge in [0.2, 0.25) is 0 Å². The van der Waals surface area contributed by atoms with Gasteiger partial charge in [-0.1, -0.05) is 60.7 Å². The highest BCUT2D eigenvalue weighted by Gasteiger charge is 2.65. The number of aryl methyl sites for hydroxylation is 1. The second-order valence-electron chi connectivity index (χ2n) is 10.4. The molecule has 0 radical (unpaired) electrons. The highest BCUT2D eigenvalue weighted by Crippen LogP contribution is 2.36. The highest BCUT2D eigenvalue weighted by molar-refractivity contribution is 6.06. The summed E-state index contributed by atoms with van der Waals surface area (Å²) in [4.78, 5) is 62.4. The zero-order chi connectivity index (χ0) is 32.7. The van der Waals surface area contributed by atoms with Gasteiger partial charge in [-0.2, -0.15) is 0 Å². The van der Waals surface area contributed by atoms with Crippen LogP contribution in [-0.2, 0) is 39.9 Å². The van der Waals surface area contributed by atoms with Crippen molar-refractivity contribution >= 4 is 29.8 Å². The SMILES string of the molecule is CC(C(CCc1ccccc1)c1ccc(Oc2ccccc2)cc1)N(CC(=O)O)C(=O)C1(C(=O)O)OC(C(=O)O)C(C(=O)O)O1. The van der Waals surface area contributed by atoms with Crippen LogP contribution in [0.4, 0.5) is 0 Å². The van der Waals surface area contributed by atoms with Crippen molar-refractivity contribution < 1.29 is 58.6 Å². The molecule has 0 spiro atoms. The third kappa shape index (κ3) is 7.45. The van der Waals surface area contributed by atoms with Crippen LogP contribution in [-0.4, -0.2) is 85.7 Å². The maximum absolute atomic E-state index is 13.9. The van der Waals surface area contributed by atoms with E-state index in [1.807, 2.05) is 48.5 Å². The van der Waals surface area contributed by atoms with Gasteiger partial charge in [0.1, 0.15) is 18.0 Å². The van der Waals surface area contributed by atoms with Gasteiger partial charge in [0, 0.05) is 12.0 Å². The van der Waals surface area contributed by atoms with Gasteiger partial charge in [0.05, 0.1) is 0 Å². The molecule has 236 valence electrons. The molecule has 45 heavy (non-hydrogen) atoms. The number of para-hydroxylation sites is 1. The molecule has 1 amide bonds. The summed E-state index contributed by atoms with van der Waals surface area (Å²) in [6.07, 6.45) is -3.84. The van der Waals surface area contributed by atoms with E-state index < -0.39 is 66.3 Å². The first-order valence-electron chi connectivity index (χ1n) is 13.9. The van der Waals surface area contributed by atoms with Crippen molar-refractivity contribution in [1.29, 1.82) is 0 Å². The van der Waals surface area contributed by atoms with E-state index in [9.17, 15) is 44.4 Å². The first-order valence-corrected chi connectivity index (χ1v) is 13.9. The molecule has 3 aromatic rings. The number of hydrogen-bond acceptors (Lipinski definition) is 8. The van der Waals surface area contributed by atoms with Gasteiger partial charge >= 0.3 is 29.7 Å². The number of aliphatic carboxylic acids is 4. The molecule has 1 aliphatic heterocycles. The molecule has 4 rings (SSSR count). The van der Waals surface area contributed by atoms with Crippen LogP contribution in [0.3, 0.4) is 0 Å². The Labute approximate surface area is 257 Å². The Morgan fingerprint density at radius 3 is 1.78 bits per heavy atom. The Bertz CT molecular complexity index is 1500. The average Bonchev–Trinajstić information content (AvgIpc) is 3.45. The fraction of sp³-hybridized carbons (Fsp3) is 0.281. The third-order valence-corrected chi connectivity index (χ3v) is 7.43. The lowest BCUT2D eigenvalue weighted by atomic mass is 9.85. The molecular weight excluding hydrogens is 590 g/mol. The van der Waals surface area contributed by atoms with Crippen LogP contribution >= 0.6 is 0 Å². The van der Waals surface area contributed by atoms with E-state index in [0.717, 1.165) is 5.56 Å². The topological polar surface area (TPSA) is 197 Å². The molecule has 1 aliphatic rings. The molecule has 4 N–H and O–H groups in total. The molecule has 3 aromatic carbocycles. The van der Waals surface area contributed by atoms with E-state index in [1.165, 1.54) is 6.92 Å². The molecule has 4 atom stereocenters. The summed E-state index contributed by atoms with van der Waals surface area (Å²) in [6.45, 7) is 0.493. The summed E-state index contributed by atoms with van der Waals surface area (Å²) >= 11 is 0. The number of amides is 1. The first-order chi connectivity index (χ1) is 21.4. The normalized spacial score (nSPS) is 20.5. The lowest BCUT2D eigenvalue weighted by molar-refractivity contribution is -0.218. The number of carboxylic acids is 4. The quantitative estimate of drug-likeness (QED) is 0.192. The summed E-state index contributed by atoms with van der Waals surface area (Å²) in [5, 5.41) is 38.7. The fourth-order valence-corrected chi connectivity index (χ4v) is 5.18. The highest BCUT2D eigenvalue weighted by atomic mass is 16.8. The summed E-state index contributed by atoms with van der Waals surface area (Å²) < 4.78 is 15.9. The molecule has 1 fully saturated rings. The number of hydrogen-bond donors (Lipinski definition) is 4. The molecule has 0 aliphatic carbocycles. The maximum atomic E-state index is 13.9. The summed E-state index contributed by atoms with van der Waals surface area (Å²) in [7, 11) is 0. The van der Waals surface area contributed by atoms with Crippen molar-refractivity contribution in [2.45, 2.75) is 49.7 Å². The second-order valence-corrected chi connectivity index (χ2v) is 10.4. The lowest BCUT2D eigenvalue weighted by Gasteiger charge is -2.37. The zero-order valence-electron chi connectivity index (χ0n) is 24.0. The van der Waals surface area contributed by atoms with Crippen LogP contribution in [0.5, 0.6) is 11.5 Å². The van der Waals surface area contributed by atoms with E-state index in [4.69, 9.17) is 14.2 Å². The molecule has 1 saturated heterocycles. The number of carboxylic acid groups (broad SMARTS) is 4. The predicted octanol–water partition coefficient (Wildman–Crippen LogP) is 3.23. The fourth-order valence-electron chi connectivity index (χ4n) is 5.18. The monoisotopic (exact) mass is 621 g/mol. The smallest absolute Gasteiger partial charge is 0.375 e. The van der Waals surface area contributed by atoms with Crippen LogP contribution in [0.25, 0.3) is 0 Å². The summed E-state index contributed by atoms with van der Waals surface area (Å²) in [5.74, 6) is -11.9. The standard InChI is InChI=1S/C32H31NO12/c1-19(33(18-25(34)35)30(40)32(31(41)42)44-26(28(36)37)27(45-32)29(38)39)24(17-12-20-8-4-2-5-9-20)21-13-15-23(16-14-21)43-22-10-6-3-7-11-22/h2-11,13-16,19,24,26-27H,12,17-18H2,1H3,(H,34,35)(H,36,37)(H,38,39)(H,41,42). The predicted molar refractivity (Wildman–Crippen MR) is 155 cm³/mol. The Morgan fingerprint density at radius 2 is 1.29 bits per heavy atom. The maximum Gasteiger partial charge on any atom is 0.375 e. The van der Waals surface area contributed by atoms with Gasteiger partial charge < -0.3 is 39.5 Å². The number of benzene rings is 3.